The second-order valence-corrected chi connectivity index (χ2v) is 9.26. The summed E-state index contributed by atoms with van der Waals surface area (Å²) in [6, 6.07) is 0. The molecule has 0 aromatic carbocycles. The minimum atomic E-state index is -0.114. The molecule has 0 aromatic heterocycles. The highest BCUT2D eigenvalue weighted by Gasteiger charge is 2.45. The van der Waals surface area contributed by atoms with Gasteiger partial charge in [0.25, 0.3) is 5.91 Å². The summed E-state index contributed by atoms with van der Waals surface area (Å²) >= 11 is 0. The summed E-state index contributed by atoms with van der Waals surface area (Å²) in [5.41, 5.74) is 0.571. The van der Waals surface area contributed by atoms with Crippen molar-refractivity contribution in [1.82, 2.24) is 4.90 Å². The summed E-state index contributed by atoms with van der Waals surface area (Å²) in [6.07, 6.45) is 8.57. The van der Waals surface area contributed by atoms with Gasteiger partial charge in [-0.3, -0.25) is 4.79 Å². The monoisotopic (exact) mass is 347 g/mol. The summed E-state index contributed by atoms with van der Waals surface area (Å²) in [6.45, 7) is 15.5. The number of likely N-dealkylation sites (tertiary alicyclic amines) is 1. The van der Waals surface area contributed by atoms with Crippen LogP contribution in [0.1, 0.15) is 74.1 Å². The first kappa shape index (κ1) is 20.1. The lowest BCUT2D eigenvalue weighted by Crippen LogP contribution is -2.61. The van der Waals surface area contributed by atoms with E-state index in [9.17, 15) is 4.79 Å². The van der Waals surface area contributed by atoms with Gasteiger partial charge in [0.2, 0.25) is 0 Å². The summed E-state index contributed by atoms with van der Waals surface area (Å²) in [7, 11) is 1.73. The first-order chi connectivity index (χ1) is 11.5. The molecule has 0 aromatic rings. The topological polar surface area (TPSA) is 29.5 Å². The fourth-order valence-corrected chi connectivity index (χ4v) is 5.00. The molecule has 1 aliphatic carbocycles. The molecule has 1 saturated heterocycles. The third kappa shape index (κ3) is 3.80. The SMILES string of the molecule is CCC(C)[C@@H]1C(OC)=CC(C(=O)N2C(C)(C)CCCC2(C)C)=C[C@H]1C. The molecule has 1 heterocycles. The molecule has 3 nitrogen and oxygen atoms in total. The second-order valence-electron chi connectivity index (χ2n) is 9.26. The highest BCUT2D eigenvalue weighted by molar-refractivity contribution is 5.97. The molecule has 0 saturated carbocycles. The summed E-state index contributed by atoms with van der Waals surface area (Å²) in [5.74, 6) is 2.31. The number of amides is 1. The number of nitrogens with zero attached hydrogens (tertiary/aromatic N) is 1. The van der Waals surface area contributed by atoms with Crippen molar-refractivity contribution in [2.45, 2.75) is 85.2 Å². The van der Waals surface area contributed by atoms with Crippen LogP contribution in [-0.2, 0) is 9.53 Å². The maximum Gasteiger partial charge on any atom is 0.254 e. The highest BCUT2D eigenvalue weighted by Crippen LogP contribution is 2.42. The maximum atomic E-state index is 13.5. The summed E-state index contributed by atoms with van der Waals surface area (Å²) < 4.78 is 5.72. The number of piperidine rings is 1. The molecule has 142 valence electrons. The standard InChI is InChI=1S/C22H37NO2/c1-9-15(2)19-16(3)13-17(14-18(19)25-8)20(24)23-21(4,5)11-10-12-22(23,6)7/h13-16,19H,9-12H2,1-8H3/t15?,16-,19+/m1/s1. The molecule has 1 amide bonds. The van der Waals surface area contributed by atoms with Crippen molar-refractivity contribution in [3.63, 3.8) is 0 Å². The Hall–Kier alpha value is -1.25. The number of allylic oxidation sites excluding steroid dienone is 2. The number of hydrogen-bond donors (Lipinski definition) is 0. The Morgan fingerprint density at radius 2 is 1.84 bits per heavy atom. The van der Waals surface area contributed by atoms with Crippen LogP contribution in [0.2, 0.25) is 0 Å². The Kier molecular flexibility index (Phi) is 5.75. The number of carbonyl (C=O) groups excluding carboxylic acids is 1. The van der Waals surface area contributed by atoms with E-state index in [2.05, 4.69) is 59.4 Å². The van der Waals surface area contributed by atoms with Crippen LogP contribution in [0.3, 0.4) is 0 Å². The van der Waals surface area contributed by atoms with Gasteiger partial charge < -0.3 is 9.64 Å². The Morgan fingerprint density at radius 1 is 1.28 bits per heavy atom. The number of hydrogen-bond acceptors (Lipinski definition) is 2. The first-order valence-corrected chi connectivity index (χ1v) is 9.87. The zero-order valence-corrected chi connectivity index (χ0v) is 17.5. The normalized spacial score (nSPS) is 29.5. The van der Waals surface area contributed by atoms with Crippen LogP contribution >= 0.6 is 0 Å². The lowest BCUT2D eigenvalue weighted by molar-refractivity contribution is -0.144. The smallest absolute Gasteiger partial charge is 0.254 e. The lowest BCUT2D eigenvalue weighted by atomic mass is 9.75. The van der Waals surface area contributed by atoms with Gasteiger partial charge in [-0.1, -0.05) is 33.3 Å². The van der Waals surface area contributed by atoms with Gasteiger partial charge in [-0.25, -0.2) is 0 Å². The van der Waals surface area contributed by atoms with Gasteiger partial charge in [-0.15, -0.1) is 0 Å². The minimum Gasteiger partial charge on any atom is -0.501 e. The van der Waals surface area contributed by atoms with Crippen LogP contribution in [0.5, 0.6) is 0 Å². The molecule has 3 atom stereocenters. The van der Waals surface area contributed by atoms with E-state index in [1.807, 2.05) is 6.08 Å². The lowest BCUT2D eigenvalue weighted by Gasteiger charge is -2.53. The van der Waals surface area contributed by atoms with Crippen LogP contribution in [0.15, 0.2) is 23.5 Å². The van der Waals surface area contributed by atoms with Gasteiger partial charge in [0.15, 0.2) is 0 Å². The quantitative estimate of drug-likeness (QED) is 0.688. The average molecular weight is 348 g/mol. The third-order valence-corrected chi connectivity index (χ3v) is 6.37. The molecule has 3 heteroatoms. The molecule has 1 aliphatic heterocycles. The van der Waals surface area contributed by atoms with Gasteiger partial charge in [0, 0.05) is 22.6 Å². The Bertz CT molecular complexity index is 555. The predicted octanol–water partition coefficient (Wildman–Crippen LogP) is 5.32. The molecule has 1 unspecified atom stereocenters. The van der Waals surface area contributed by atoms with Crippen molar-refractivity contribution in [3.8, 4) is 0 Å². The van der Waals surface area contributed by atoms with Gasteiger partial charge in [-0.05, 0) is 64.9 Å². The maximum absolute atomic E-state index is 13.5. The predicted molar refractivity (Wildman–Crippen MR) is 104 cm³/mol. The van der Waals surface area contributed by atoms with E-state index < -0.39 is 0 Å². The Balaban J connectivity index is 2.37. The van der Waals surface area contributed by atoms with Crippen molar-refractivity contribution in [3.05, 3.63) is 23.5 Å². The summed E-state index contributed by atoms with van der Waals surface area (Å²) in [5, 5.41) is 0. The minimum absolute atomic E-state index is 0.114. The van der Waals surface area contributed by atoms with E-state index in [4.69, 9.17) is 4.74 Å². The molecule has 0 N–H and O–H groups in total. The van der Waals surface area contributed by atoms with Gasteiger partial charge in [0.1, 0.15) is 5.76 Å². The van der Waals surface area contributed by atoms with Gasteiger partial charge in [0.05, 0.1) is 7.11 Å². The molecule has 2 rings (SSSR count). The van der Waals surface area contributed by atoms with Gasteiger partial charge >= 0.3 is 0 Å². The van der Waals surface area contributed by atoms with E-state index >= 15 is 0 Å². The van der Waals surface area contributed by atoms with Gasteiger partial charge in [-0.2, -0.15) is 0 Å². The zero-order valence-electron chi connectivity index (χ0n) is 17.5. The fourth-order valence-electron chi connectivity index (χ4n) is 5.00. The van der Waals surface area contributed by atoms with Crippen LogP contribution in [0.25, 0.3) is 0 Å². The first-order valence-electron chi connectivity index (χ1n) is 9.87. The third-order valence-electron chi connectivity index (χ3n) is 6.37. The molecule has 0 spiro atoms. The number of rotatable bonds is 4. The Morgan fingerprint density at radius 3 is 2.32 bits per heavy atom. The van der Waals surface area contributed by atoms with E-state index in [0.717, 1.165) is 30.6 Å². The number of carbonyl (C=O) groups is 1. The van der Waals surface area contributed by atoms with Crippen LogP contribution in [-0.4, -0.2) is 29.0 Å². The molecule has 0 radical (unpaired) electrons. The largest absolute Gasteiger partial charge is 0.501 e. The number of methoxy groups -OCH3 is 1. The second kappa shape index (κ2) is 7.17. The van der Waals surface area contributed by atoms with E-state index in [-0.39, 0.29) is 17.0 Å². The van der Waals surface area contributed by atoms with Crippen LogP contribution in [0.4, 0.5) is 0 Å². The van der Waals surface area contributed by atoms with E-state index in [0.29, 0.717) is 17.8 Å². The average Bonchev–Trinajstić information content (AvgIpc) is 2.51. The van der Waals surface area contributed by atoms with Crippen molar-refractivity contribution in [1.29, 1.82) is 0 Å². The molecular formula is C22H37NO2. The van der Waals surface area contributed by atoms with Crippen molar-refractivity contribution in [2.75, 3.05) is 7.11 Å². The van der Waals surface area contributed by atoms with Crippen molar-refractivity contribution in [2.24, 2.45) is 17.8 Å². The molecule has 0 bridgehead atoms. The van der Waals surface area contributed by atoms with Crippen molar-refractivity contribution < 1.29 is 9.53 Å². The van der Waals surface area contributed by atoms with Crippen molar-refractivity contribution >= 4 is 5.91 Å². The number of ether oxygens (including phenoxy) is 1. The molecule has 25 heavy (non-hydrogen) atoms. The van der Waals surface area contributed by atoms with Crippen LogP contribution in [0, 0.1) is 17.8 Å². The van der Waals surface area contributed by atoms with E-state index in [1.54, 1.807) is 7.11 Å². The summed E-state index contributed by atoms with van der Waals surface area (Å²) in [4.78, 5) is 15.6. The zero-order chi connectivity index (χ0) is 19.0. The highest BCUT2D eigenvalue weighted by atomic mass is 16.5. The molecule has 2 aliphatic rings. The fraction of sp³-hybridized carbons (Fsp3) is 0.773. The molecule has 1 fully saturated rings. The van der Waals surface area contributed by atoms with Crippen LogP contribution < -0.4 is 0 Å². The van der Waals surface area contributed by atoms with E-state index in [1.165, 1.54) is 6.42 Å². The Labute approximate surface area is 154 Å². The molecular weight excluding hydrogens is 310 g/mol.